The third-order valence-electron chi connectivity index (χ3n) is 1.86. The zero-order chi connectivity index (χ0) is 11.1. The molecular weight excluding hydrogens is 346 g/mol. The molecule has 0 N–H and O–H groups in total. The first-order chi connectivity index (χ1) is 7.02. The molecule has 15 heavy (non-hydrogen) atoms. The van der Waals surface area contributed by atoms with Crippen LogP contribution in [0.4, 0.5) is 10.5 Å². The van der Waals surface area contributed by atoms with Crippen LogP contribution in [0.15, 0.2) is 30.3 Å². The van der Waals surface area contributed by atoms with Gasteiger partial charge in [0.25, 0.3) is 11.1 Å². The number of anilines is 1. The standard InChI is InChI=1S/C9H5Br2NO2S/c10-9(11)7(13)12(8(14)15-9)6-4-2-1-3-5-6/h1-5H. The molecule has 6 heteroatoms. The molecule has 0 unspecified atom stereocenters. The maximum Gasteiger partial charge on any atom is 0.295 e. The Kier molecular flexibility index (Phi) is 2.92. The van der Waals surface area contributed by atoms with Gasteiger partial charge in [-0.15, -0.1) is 0 Å². The highest BCUT2D eigenvalue weighted by Gasteiger charge is 2.50. The molecule has 0 aliphatic carbocycles. The lowest BCUT2D eigenvalue weighted by Gasteiger charge is -2.13. The highest BCUT2D eigenvalue weighted by Crippen LogP contribution is 2.48. The summed E-state index contributed by atoms with van der Waals surface area (Å²) in [6.07, 6.45) is 0. The number of imide groups is 1. The number of alkyl halides is 2. The molecule has 0 saturated carbocycles. The highest BCUT2D eigenvalue weighted by atomic mass is 79.9. The molecule has 1 aromatic rings. The van der Waals surface area contributed by atoms with Gasteiger partial charge in [0.2, 0.25) is 2.57 Å². The Morgan fingerprint density at radius 2 is 1.73 bits per heavy atom. The summed E-state index contributed by atoms with van der Waals surface area (Å²) in [6, 6.07) is 8.83. The van der Waals surface area contributed by atoms with E-state index in [9.17, 15) is 9.59 Å². The van der Waals surface area contributed by atoms with E-state index in [0.717, 1.165) is 16.7 Å². The first-order valence-electron chi connectivity index (χ1n) is 4.03. The monoisotopic (exact) mass is 349 g/mol. The van der Waals surface area contributed by atoms with Crippen molar-refractivity contribution in [2.75, 3.05) is 4.90 Å². The van der Waals surface area contributed by atoms with Crippen molar-refractivity contribution in [1.82, 2.24) is 0 Å². The van der Waals surface area contributed by atoms with Gasteiger partial charge in [-0.25, -0.2) is 4.90 Å². The molecule has 1 aromatic carbocycles. The van der Waals surface area contributed by atoms with E-state index >= 15 is 0 Å². The zero-order valence-corrected chi connectivity index (χ0v) is 11.3. The normalized spacial score (nSPS) is 19.7. The van der Waals surface area contributed by atoms with Gasteiger partial charge >= 0.3 is 0 Å². The van der Waals surface area contributed by atoms with E-state index in [1.807, 2.05) is 6.07 Å². The summed E-state index contributed by atoms with van der Waals surface area (Å²) in [4.78, 5) is 24.6. The Morgan fingerprint density at radius 3 is 2.20 bits per heavy atom. The molecule has 0 radical (unpaired) electrons. The number of hydrogen-bond acceptors (Lipinski definition) is 3. The zero-order valence-electron chi connectivity index (χ0n) is 7.31. The van der Waals surface area contributed by atoms with Crippen LogP contribution in [0.3, 0.4) is 0 Å². The molecule has 0 aromatic heterocycles. The van der Waals surface area contributed by atoms with E-state index in [0.29, 0.717) is 5.69 Å². The Balaban J connectivity index is 2.40. The predicted molar refractivity (Wildman–Crippen MR) is 67.5 cm³/mol. The number of thioether (sulfide) groups is 1. The second-order valence-corrected chi connectivity index (χ2v) is 8.52. The predicted octanol–water partition coefficient (Wildman–Crippen LogP) is 3.33. The molecule has 3 nitrogen and oxygen atoms in total. The number of halogens is 2. The van der Waals surface area contributed by atoms with E-state index in [4.69, 9.17) is 0 Å². The van der Waals surface area contributed by atoms with Gasteiger partial charge in [0.1, 0.15) is 0 Å². The average Bonchev–Trinajstić information content (AvgIpc) is 2.38. The third kappa shape index (κ3) is 1.98. The summed E-state index contributed by atoms with van der Waals surface area (Å²) in [5, 5.41) is -0.292. The van der Waals surface area contributed by atoms with Gasteiger partial charge in [0, 0.05) is 0 Å². The van der Waals surface area contributed by atoms with Crippen LogP contribution in [0.1, 0.15) is 0 Å². The van der Waals surface area contributed by atoms with Crippen LogP contribution < -0.4 is 4.90 Å². The van der Waals surface area contributed by atoms with E-state index < -0.39 is 2.57 Å². The Bertz CT molecular complexity index is 421. The fourth-order valence-corrected chi connectivity index (χ4v) is 3.07. The Morgan fingerprint density at radius 1 is 1.13 bits per heavy atom. The number of rotatable bonds is 1. The third-order valence-corrected chi connectivity index (χ3v) is 4.30. The summed E-state index contributed by atoms with van der Waals surface area (Å²) in [7, 11) is 0. The molecule has 2 amide bonds. The van der Waals surface area contributed by atoms with E-state index in [2.05, 4.69) is 31.9 Å². The minimum atomic E-state index is -1.02. The van der Waals surface area contributed by atoms with E-state index in [1.165, 1.54) is 0 Å². The maximum atomic E-state index is 11.8. The molecule has 1 saturated heterocycles. The van der Waals surface area contributed by atoms with Crippen LogP contribution in [0, 0.1) is 0 Å². The minimum absolute atomic E-state index is 0.292. The van der Waals surface area contributed by atoms with Crippen molar-refractivity contribution in [2.24, 2.45) is 0 Å². The summed E-state index contributed by atoms with van der Waals surface area (Å²) in [5.74, 6) is -0.316. The summed E-state index contributed by atoms with van der Waals surface area (Å²) >= 11 is 7.21. The van der Waals surface area contributed by atoms with Crippen molar-refractivity contribution in [3.63, 3.8) is 0 Å². The van der Waals surface area contributed by atoms with Gasteiger partial charge in [0.05, 0.1) is 5.69 Å². The Labute approximate surface area is 107 Å². The van der Waals surface area contributed by atoms with Crippen molar-refractivity contribution < 1.29 is 9.59 Å². The number of nitrogens with zero attached hydrogens (tertiary/aromatic N) is 1. The molecule has 1 fully saturated rings. The molecule has 1 aliphatic rings. The summed E-state index contributed by atoms with van der Waals surface area (Å²) in [5.41, 5.74) is 0.584. The largest absolute Gasteiger partial charge is 0.295 e. The fourth-order valence-electron chi connectivity index (χ4n) is 1.21. The number of carbonyl (C=O) groups is 2. The van der Waals surface area contributed by atoms with Crippen LogP contribution in [0.25, 0.3) is 0 Å². The van der Waals surface area contributed by atoms with Gasteiger partial charge in [0.15, 0.2) is 0 Å². The fraction of sp³-hybridized carbons (Fsp3) is 0.111. The van der Waals surface area contributed by atoms with Crippen LogP contribution in [-0.2, 0) is 4.79 Å². The van der Waals surface area contributed by atoms with Gasteiger partial charge < -0.3 is 0 Å². The first-order valence-corrected chi connectivity index (χ1v) is 6.43. The van der Waals surface area contributed by atoms with Crippen molar-refractivity contribution >= 4 is 60.5 Å². The quantitative estimate of drug-likeness (QED) is 0.729. The lowest BCUT2D eigenvalue weighted by atomic mass is 10.3. The van der Waals surface area contributed by atoms with Crippen molar-refractivity contribution in [3.8, 4) is 0 Å². The lowest BCUT2D eigenvalue weighted by Crippen LogP contribution is -2.32. The second kappa shape index (κ2) is 3.92. The van der Waals surface area contributed by atoms with Crippen LogP contribution in [-0.4, -0.2) is 13.7 Å². The number of hydrogen-bond donors (Lipinski definition) is 0. The molecule has 78 valence electrons. The van der Waals surface area contributed by atoms with Crippen LogP contribution in [0.5, 0.6) is 0 Å². The number of carbonyl (C=O) groups excluding carboxylic acids is 2. The molecule has 0 bridgehead atoms. The minimum Gasteiger partial charge on any atom is -0.270 e. The molecule has 1 heterocycles. The van der Waals surface area contributed by atoms with Crippen molar-refractivity contribution in [3.05, 3.63) is 30.3 Å². The van der Waals surface area contributed by atoms with Crippen molar-refractivity contribution in [1.29, 1.82) is 0 Å². The molecule has 1 aliphatic heterocycles. The van der Waals surface area contributed by atoms with Gasteiger partial charge in [-0.2, -0.15) is 0 Å². The van der Waals surface area contributed by atoms with E-state index in [-0.39, 0.29) is 11.1 Å². The van der Waals surface area contributed by atoms with Gasteiger partial charge in [-0.1, -0.05) is 18.2 Å². The van der Waals surface area contributed by atoms with Crippen LogP contribution >= 0.6 is 43.6 Å². The number of benzene rings is 1. The smallest absolute Gasteiger partial charge is 0.270 e. The van der Waals surface area contributed by atoms with Crippen molar-refractivity contribution in [2.45, 2.75) is 2.57 Å². The number of para-hydroxylation sites is 1. The average molecular weight is 351 g/mol. The lowest BCUT2D eigenvalue weighted by molar-refractivity contribution is -0.116. The molecule has 0 atom stereocenters. The SMILES string of the molecule is O=C1SC(Br)(Br)C(=O)N1c1ccccc1. The second-order valence-electron chi connectivity index (χ2n) is 2.86. The molecule has 0 spiro atoms. The van der Waals surface area contributed by atoms with E-state index in [1.54, 1.807) is 24.3 Å². The maximum absolute atomic E-state index is 11.8. The Hall–Kier alpha value is -0.330. The van der Waals surface area contributed by atoms with Gasteiger partial charge in [-0.3, -0.25) is 9.59 Å². The van der Waals surface area contributed by atoms with Gasteiger partial charge in [-0.05, 0) is 55.8 Å². The topological polar surface area (TPSA) is 37.4 Å². The number of amides is 2. The first kappa shape index (κ1) is 11.2. The molecular formula is C9H5Br2NO2S. The molecule has 2 rings (SSSR count). The summed E-state index contributed by atoms with van der Waals surface area (Å²) in [6.45, 7) is 0. The highest BCUT2D eigenvalue weighted by molar-refractivity contribution is 9.29. The summed E-state index contributed by atoms with van der Waals surface area (Å²) < 4.78 is -1.02. The van der Waals surface area contributed by atoms with Crippen LogP contribution in [0.2, 0.25) is 0 Å².